The summed E-state index contributed by atoms with van der Waals surface area (Å²) in [6.45, 7) is 7.94. The van der Waals surface area contributed by atoms with Crippen molar-refractivity contribution in [3.05, 3.63) is 0 Å². The second-order valence-electron chi connectivity index (χ2n) is 2.88. The van der Waals surface area contributed by atoms with Crippen molar-refractivity contribution in [3.63, 3.8) is 0 Å². The first-order valence-corrected chi connectivity index (χ1v) is 2.50. The number of nitrogens with one attached hydrogen (secondary N) is 1. The van der Waals surface area contributed by atoms with E-state index >= 15 is 0 Å². The fraction of sp³-hybridized carbons (Fsp3) is 0.833. The first-order valence-electron chi connectivity index (χ1n) is 2.50. The molecule has 0 bridgehead atoms. The lowest BCUT2D eigenvalue weighted by atomic mass is 9.91. The molecule has 0 unspecified atom stereocenters. The molecule has 0 amide bonds. The van der Waals surface area contributed by atoms with Crippen molar-refractivity contribution < 1.29 is 0 Å². The van der Waals surface area contributed by atoms with Gasteiger partial charge in [-0.3, -0.25) is 0 Å². The monoisotopic (exact) mass is 99.1 g/mol. The molecule has 0 rings (SSSR count). The zero-order valence-corrected chi connectivity index (χ0v) is 5.50. The Labute approximate surface area is 45.2 Å². The molecule has 0 spiro atoms. The second kappa shape index (κ2) is 1.65. The highest BCUT2D eigenvalue weighted by molar-refractivity contribution is 5.83. The van der Waals surface area contributed by atoms with Crippen LogP contribution in [-0.2, 0) is 0 Å². The van der Waals surface area contributed by atoms with Gasteiger partial charge in [-0.25, -0.2) is 0 Å². The summed E-state index contributed by atoms with van der Waals surface area (Å²) in [7, 11) is 0. The predicted octanol–water partition coefficient (Wildman–Crippen LogP) is 2.07. The van der Waals surface area contributed by atoms with Crippen LogP contribution in [0.15, 0.2) is 0 Å². The Morgan fingerprint density at radius 3 is 1.43 bits per heavy atom. The van der Waals surface area contributed by atoms with Crippen molar-refractivity contribution >= 4 is 5.71 Å². The highest BCUT2D eigenvalue weighted by Crippen LogP contribution is 2.13. The van der Waals surface area contributed by atoms with E-state index in [0.29, 0.717) is 0 Å². The third-order valence-electron chi connectivity index (χ3n) is 1.12. The average molecular weight is 99.2 g/mol. The van der Waals surface area contributed by atoms with Crippen LogP contribution in [0, 0.1) is 10.8 Å². The lowest BCUT2D eigenvalue weighted by molar-refractivity contribution is 0.584. The Kier molecular flexibility index (Phi) is 1.57. The molecule has 0 aliphatic carbocycles. The van der Waals surface area contributed by atoms with E-state index in [-0.39, 0.29) is 5.41 Å². The van der Waals surface area contributed by atoms with Crippen molar-refractivity contribution in [2.45, 2.75) is 27.7 Å². The third kappa shape index (κ3) is 2.38. The SMILES string of the molecule is CC(=N)C(C)(C)C. The average Bonchev–Trinajstić information content (AvgIpc) is 1.31. The molecule has 0 saturated heterocycles. The van der Waals surface area contributed by atoms with E-state index in [0.717, 1.165) is 5.71 Å². The first-order chi connectivity index (χ1) is 2.94. The molecule has 0 saturated carbocycles. The second-order valence-corrected chi connectivity index (χ2v) is 2.88. The van der Waals surface area contributed by atoms with Gasteiger partial charge in [0.15, 0.2) is 0 Å². The molecule has 0 aromatic carbocycles. The summed E-state index contributed by atoms with van der Waals surface area (Å²) < 4.78 is 0. The van der Waals surface area contributed by atoms with Crippen molar-refractivity contribution in [3.8, 4) is 0 Å². The summed E-state index contributed by atoms with van der Waals surface area (Å²) >= 11 is 0. The molecule has 0 atom stereocenters. The summed E-state index contributed by atoms with van der Waals surface area (Å²) in [5.41, 5.74) is 0.826. The van der Waals surface area contributed by atoms with Gasteiger partial charge in [0.05, 0.1) is 0 Å². The van der Waals surface area contributed by atoms with Gasteiger partial charge in [0.2, 0.25) is 0 Å². The zero-order chi connectivity index (χ0) is 6.08. The Hall–Kier alpha value is -0.330. The van der Waals surface area contributed by atoms with E-state index < -0.39 is 0 Å². The lowest BCUT2D eigenvalue weighted by Gasteiger charge is -2.14. The lowest BCUT2D eigenvalue weighted by Crippen LogP contribution is -2.14. The topological polar surface area (TPSA) is 23.9 Å². The summed E-state index contributed by atoms with van der Waals surface area (Å²) in [6, 6.07) is 0. The predicted molar refractivity (Wildman–Crippen MR) is 32.9 cm³/mol. The van der Waals surface area contributed by atoms with Crippen LogP contribution >= 0.6 is 0 Å². The summed E-state index contributed by atoms with van der Waals surface area (Å²) in [6.07, 6.45) is 0. The zero-order valence-electron chi connectivity index (χ0n) is 5.50. The number of hydrogen-bond donors (Lipinski definition) is 1. The van der Waals surface area contributed by atoms with Gasteiger partial charge in [-0.05, 0) is 12.3 Å². The van der Waals surface area contributed by atoms with Gasteiger partial charge in [-0.1, -0.05) is 20.8 Å². The van der Waals surface area contributed by atoms with E-state index in [9.17, 15) is 0 Å². The normalized spacial score (nSPS) is 11.4. The van der Waals surface area contributed by atoms with Crippen LogP contribution in [0.3, 0.4) is 0 Å². The maximum Gasteiger partial charge on any atom is 0.0112 e. The summed E-state index contributed by atoms with van der Waals surface area (Å²) in [5, 5.41) is 7.15. The molecular weight excluding hydrogens is 86.1 g/mol. The van der Waals surface area contributed by atoms with E-state index in [1.807, 2.05) is 27.7 Å². The van der Waals surface area contributed by atoms with Crippen LogP contribution in [0.4, 0.5) is 0 Å². The molecule has 0 aliphatic heterocycles. The molecule has 0 fully saturated rings. The van der Waals surface area contributed by atoms with E-state index in [1.54, 1.807) is 0 Å². The smallest absolute Gasteiger partial charge is 0.0112 e. The number of hydrogen-bond acceptors (Lipinski definition) is 1. The molecule has 0 radical (unpaired) electrons. The van der Waals surface area contributed by atoms with Gasteiger partial charge in [0, 0.05) is 5.71 Å². The van der Waals surface area contributed by atoms with Gasteiger partial charge in [-0.15, -0.1) is 0 Å². The van der Waals surface area contributed by atoms with Crippen molar-refractivity contribution in [1.29, 1.82) is 5.41 Å². The standard InChI is InChI=1S/C6H13N/c1-5(7)6(2,3)4/h7H,1-4H3. The molecule has 1 N–H and O–H groups in total. The van der Waals surface area contributed by atoms with Crippen LogP contribution in [0.1, 0.15) is 27.7 Å². The van der Waals surface area contributed by atoms with Crippen LogP contribution in [0.25, 0.3) is 0 Å². The molecule has 0 aliphatic rings. The van der Waals surface area contributed by atoms with Gasteiger partial charge >= 0.3 is 0 Å². The van der Waals surface area contributed by atoms with Gasteiger partial charge in [0.25, 0.3) is 0 Å². The molecule has 0 heterocycles. The first kappa shape index (κ1) is 6.67. The summed E-state index contributed by atoms with van der Waals surface area (Å²) in [4.78, 5) is 0. The molecule has 0 aromatic rings. The highest BCUT2D eigenvalue weighted by Gasteiger charge is 2.10. The minimum atomic E-state index is 0.0833. The largest absolute Gasteiger partial charge is 0.309 e. The minimum absolute atomic E-state index is 0.0833. The fourth-order valence-corrected chi connectivity index (χ4v) is 0. The van der Waals surface area contributed by atoms with Crippen LogP contribution in [-0.4, -0.2) is 5.71 Å². The third-order valence-corrected chi connectivity index (χ3v) is 1.12. The van der Waals surface area contributed by atoms with Crippen LogP contribution < -0.4 is 0 Å². The van der Waals surface area contributed by atoms with Crippen molar-refractivity contribution in [2.24, 2.45) is 5.41 Å². The Balaban J connectivity index is 3.79. The van der Waals surface area contributed by atoms with Crippen molar-refractivity contribution in [2.75, 3.05) is 0 Å². The Morgan fingerprint density at radius 2 is 1.43 bits per heavy atom. The van der Waals surface area contributed by atoms with Crippen molar-refractivity contribution in [1.82, 2.24) is 0 Å². The molecule has 7 heavy (non-hydrogen) atoms. The fourth-order valence-electron chi connectivity index (χ4n) is 0. The Bertz CT molecular complexity index is 76.7. The Morgan fingerprint density at radius 1 is 1.29 bits per heavy atom. The molecule has 1 heteroatoms. The number of rotatable bonds is 0. The molecular formula is C6H13N. The molecule has 0 aromatic heterocycles. The quantitative estimate of drug-likeness (QED) is 0.449. The van der Waals surface area contributed by atoms with Crippen LogP contribution in [0.5, 0.6) is 0 Å². The molecule has 1 nitrogen and oxygen atoms in total. The van der Waals surface area contributed by atoms with Crippen LogP contribution in [0.2, 0.25) is 0 Å². The van der Waals surface area contributed by atoms with Gasteiger partial charge in [0.1, 0.15) is 0 Å². The maximum absolute atomic E-state index is 7.15. The van der Waals surface area contributed by atoms with E-state index in [1.165, 1.54) is 0 Å². The highest BCUT2D eigenvalue weighted by atomic mass is 14.4. The van der Waals surface area contributed by atoms with E-state index in [4.69, 9.17) is 5.41 Å². The van der Waals surface area contributed by atoms with Gasteiger partial charge in [-0.2, -0.15) is 0 Å². The van der Waals surface area contributed by atoms with E-state index in [2.05, 4.69) is 0 Å². The minimum Gasteiger partial charge on any atom is -0.309 e. The molecule has 42 valence electrons. The van der Waals surface area contributed by atoms with Gasteiger partial charge < -0.3 is 5.41 Å². The summed E-state index contributed by atoms with van der Waals surface area (Å²) in [5.74, 6) is 0. The maximum atomic E-state index is 7.15.